The van der Waals surface area contributed by atoms with Crippen molar-refractivity contribution < 1.29 is 19.9 Å². The van der Waals surface area contributed by atoms with Crippen LogP contribution in [0.4, 0.5) is 5.69 Å². The van der Waals surface area contributed by atoms with Gasteiger partial charge in [0, 0.05) is 6.07 Å². The van der Waals surface area contributed by atoms with E-state index in [9.17, 15) is 25.1 Å². The number of carbonyl (C=O) groups is 1. The highest BCUT2D eigenvalue weighted by atomic mass is 35.5. The lowest BCUT2D eigenvalue weighted by molar-refractivity contribution is -0.386. The molecule has 2 atom stereocenters. The number of carbonyl (C=O) groups excluding carboxylic acids is 1. The summed E-state index contributed by atoms with van der Waals surface area (Å²) >= 11 is 5.69. The van der Waals surface area contributed by atoms with E-state index < -0.39 is 28.7 Å². The Hall–Kier alpha value is -1.70. The summed E-state index contributed by atoms with van der Waals surface area (Å²) in [5.41, 5.74) is 3.95. The number of hydrogen-bond donors (Lipinski definition) is 3. The molecule has 4 N–H and O–H groups in total. The SMILES string of the molecule is NC(=O)C(O)C(O)c1c(Cl)cccc1[N+](=O)[O-]. The molecule has 17 heavy (non-hydrogen) atoms. The summed E-state index contributed by atoms with van der Waals surface area (Å²) in [5.74, 6) is -1.20. The van der Waals surface area contributed by atoms with E-state index in [0.717, 1.165) is 6.07 Å². The first kappa shape index (κ1) is 13.4. The van der Waals surface area contributed by atoms with Crippen LogP contribution in [0, 0.1) is 10.1 Å². The Morgan fingerprint density at radius 3 is 2.53 bits per heavy atom. The van der Waals surface area contributed by atoms with Gasteiger partial charge in [-0.2, -0.15) is 0 Å². The van der Waals surface area contributed by atoms with Crippen LogP contribution >= 0.6 is 11.6 Å². The average Bonchev–Trinajstić information content (AvgIpc) is 2.26. The van der Waals surface area contributed by atoms with Gasteiger partial charge in [-0.25, -0.2) is 0 Å². The van der Waals surface area contributed by atoms with Crippen LogP contribution in [0.2, 0.25) is 5.02 Å². The molecule has 0 fully saturated rings. The molecule has 0 aliphatic heterocycles. The second-order valence-electron chi connectivity index (χ2n) is 3.22. The Labute approximate surface area is 101 Å². The van der Waals surface area contributed by atoms with Crippen LogP contribution in [0.1, 0.15) is 11.7 Å². The Morgan fingerprint density at radius 2 is 2.06 bits per heavy atom. The molecule has 2 unspecified atom stereocenters. The van der Waals surface area contributed by atoms with Crippen LogP contribution in [0.5, 0.6) is 0 Å². The van der Waals surface area contributed by atoms with Crippen molar-refractivity contribution in [3.63, 3.8) is 0 Å². The first-order valence-electron chi connectivity index (χ1n) is 4.44. The number of halogens is 1. The van der Waals surface area contributed by atoms with Crippen LogP contribution in [0.25, 0.3) is 0 Å². The fourth-order valence-corrected chi connectivity index (χ4v) is 1.57. The highest BCUT2D eigenvalue weighted by Gasteiger charge is 2.31. The predicted molar refractivity (Wildman–Crippen MR) is 58.3 cm³/mol. The van der Waals surface area contributed by atoms with E-state index in [1.807, 2.05) is 0 Å². The molecule has 1 aromatic carbocycles. The van der Waals surface area contributed by atoms with Gasteiger partial charge in [0.25, 0.3) is 5.69 Å². The Balaban J connectivity index is 3.29. The fourth-order valence-electron chi connectivity index (χ4n) is 1.29. The van der Waals surface area contributed by atoms with Crippen molar-refractivity contribution in [1.82, 2.24) is 0 Å². The highest BCUT2D eigenvalue weighted by molar-refractivity contribution is 6.31. The Morgan fingerprint density at radius 1 is 1.47 bits per heavy atom. The molecule has 1 rings (SSSR count). The number of rotatable bonds is 4. The van der Waals surface area contributed by atoms with Crippen molar-refractivity contribution in [2.75, 3.05) is 0 Å². The number of benzene rings is 1. The van der Waals surface area contributed by atoms with Gasteiger partial charge in [0.1, 0.15) is 6.10 Å². The molecular formula is C9H9ClN2O5. The van der Waals surface area contributed by atoms with Crippen LogP contribution in [0.15, 0.2) is 18.2 Å². The number of amides is 1. The van der Waals surface area contributed by atoms with E-state index in [0.29, 0.717) is 0 Å². The zero-order valence-corrected chi connectivity index (χ0v) is 9.16. The minimum atomic E-state index is -1.96. The highest BCUT2D eigenvalue weighted by Crippen LogP contribution is 2.33. The normalized spacial score (nSPS) is 14.1. The van der Waals surface area contributed by atoms with Crippen LogP contribution in [0.3, 0.4) is 0 Å². The topological polar surface area (TPSA) is 127 Å². The summed E-state index contributed by atoms with van der Waals surface area (Å²) in [6.45, 7) is 0. The van der Waals surface area contributed by atoms with Gasteiger partial charge in [0.15, 0.2) is 6.10 Å². The lowest BCUT2D eigenvalue weighted by atomic mass is 10.0. The standard InChI is InChI=1S/C9H9ClN2O5/c10-4-2-1-3-5(12(16)17)6(4)7(13)8(14)9(11)15/h1-3,7-8,13-14H,(H2,11,15). The van der Waals surface area contributed by atoms with Gasteiger partial charge in [-0.05, 0) is 6.07 Å². The molecule has 8 heteroatoms. The molecule has 1 aromatic rings. The van der Waals surface area contributed by atoms with Crippen molar-refractivity contribution in [2.24, 2.45) is 5.73 Å². The Kier molecular flexibility index (Phi) is 4.00. The number of hydrogen-bond acceptors (Lipinski definition) is 5. The van der Waals surface area contributed by atoms with Gasteiger partial charge in [0.05, 0.1) is 15.5 Å². The van der Waals surface area contributed by atoms with E-state index >= 15 is 0 Å². The quantitative estimate of drug-likeness (QED) is 0.524. The van der Waals surface area contributed by atoms with Crippen molar-refractivity contribution >= 4 is 23.2 Å². The van der Waals surface area contributed by atoms with Crippen LogP contribution in [-0.2, 0) is 4.79 Å². The molecule has 0 saturated carbocycles. The van der Waals surface area contributed by atoms with E-state index in [1.54, 1.807) is 0 Å². The van der Waals surface area contributed by atoms with Crippen molar-refractivity contribution in [3.05, 3.63) is 38.9 Å². The minimum absolute atomic E-state index is 0.132. The summed E-state index contributed by atoms with van der Waals surface area (Å²) in [6, 6.07) is 3.70. The third kappa shape index (κ3) is 2.70. The summed E-state index contributed by atoms with van der Waals surface area (Å²) in [6.07, 6.45) is -3.81. The average molecular weight is 261 g/mol. The van der Waals surface area contributed by atoms with Gasteiger partial charge in [-0.1, -0.05) is 17.7 Å². The Bertz CT molecular complexity index is 465. The zero-order valence-electron chi connectivity index (χ0n) is 8.41. The summed E-state index contributed by atoms with van der Waals surface area (Å²) < 4.78 is 0. The summed E-state index contributed by atoms with van der Waals surface area (Å²) in [4.78, 5) is 20.6. The van der Waals surface area contributed by atoms with E-state index in [4.69, 9.17) is 17.3 Å². The monoisotopic (exact) mass is 260 g/mol. The number of nitro groups is 1. The fraction of sp³-hybridized carbons (Fsp3) is 0.222. The second kappa shape index (κ2) is 5.09. The molecule has 1 amide bonds. The molecule has 92 valence electrons. The maximum atomic E-state index is 10.7. The number of aliphatic hydroxyl groups is 2. The lowest BCUT2D eigenvalue weighted by Gasteiger charge is -2.16. The van der Waals surface area contributed by atoms with Gasteiger partial charge >= 0.3 is 0 Å². The van der Waals surface area contributed by atoms with E-state index in [1.165, 1.54) is 12.1 Å². The van der Waals surface area contributed by atoms with E-state index in [2.05, 4.69) is 0 Å². The molecule has 0 saturated heterocycles. The molecular weight excluding hydrogens is 252 g/mol. The molecule has 0 spiro atoms. The third-order valence-corrected chi connectivity index (χ3v) is 2.44. The molecule has 7 nitrogen and oxygen atoms in total. The van der Waals surface area contributed by atoms with Crippen LogP contribution < -0.4 is 5.73 Å². The van der Waals surface area contributed by atoms with Gasteiger partial charge in [-0.15, -0.1) is 0 Å². The number of primary amides is 1. The zero-order chi connectivity index (χ0) is 13.2. The maximum absolute atomic E-state index is 10.7. The first-order valence-corrected chi connectivity index (χ1v) is 4.82. The van der Waals surface area contributed by atoms with Gasteiger partial charge in [-0.3, -0.25) is 14.9 Å². The minimum Gasteiger partial charge on any atom is -0.385 e. The molecule has 0 aromatic heterocycles. The van der Waals surface area contributed by atoms with Crippen LogP contribution in [-0.4, -0.2) is 27.1 Å². The molecule has 0 radical (unpaired) electrons. The van der Waals surface area contributed by atoms with E-state index in [-0.39, 0.29) is 10.6 Å². The summed E-state index contributed by atoms with van der Waals surface area (Å²) in [5, 5.41) is 29.5. The first-order chi connectivity index (χ1) is 7.86. The second-order valence-corrected chi connectivity index (χ2v) is 3.63. The lowest BCUT2D eigenvalue weighted by Crippen LogP contribution is -2.34. The number of aliphatic hydroxyl groups excluding tert-OH is 2. The van der Waals surface area contributed by atoms with Crippen molar-refractivity contribution in [3.8, 4) is 0 Å². The van der Waals surface area contributed by atoms with Gasteiger partial charge in [0.2, 0.25) is 5.91 Å². The predicted octanol–water partition coefficient (Wildman–Crippen LogP) is 0.128. The number of nitro benzene ring substituents is 1. The molecule has 0 aliphatic carbocycles. The molecule has 0 heterocycles. The van der Waals surface area contributed by atoms with Crippen molar-refractivity contribution in [1.29, 1.82) is 0 Å². The number of nitrogens with two attached hydrogens (primary N) is 1. The maximum Gasteiger partial charge on any atom is 0.276 e. The molecule has 0 bridgehead atoms. The van der Waals surface area contributed by atoms with Gasteiger partial charge < -0.3 is 15.9 Å². The smallest absolute Gasteiger partial charge is 0.276 e. The number of nitrogens with zero attached hydrogens (tertiary/aromatic N) is 1. The third-order valence-electron chi connectivity index (χ3n) is 2.11. The summed E-state index contributed by atoms with van der Waals surface area (Å²) in [7, 11) is 0. The molecule has 0 aliphatic rings. The largest absolute Gasteiger partial charge is 0.385 e. The van der Waals surface area contributed by atoms with Crippen molar-refractivity contribution in [2.45, 2.75) is 12.2 Å².